The molecule has 0 saturated carbocycles. The first-order chi connectivity index (χ1) is 15.5. The maximum absolute atomic E-state index is 12.9. The highest BCUT2D eigenvalue weighted by Crippen LogP contribution is 2.54. The van der Waals surface area contributed by atoms with Gasteiger partial charge in [0.2, 0.25) is 18.3 Å². The number of nitrogens with one attached hydrogen (secondary N) is 1. The number of amides is 1. The van der Waals surface area contributed by atoms with Gasteiger partial charge in [0.25, 0.3) is 5.91 Å². The zero-order chi connectivity index (χ0) is 22.7. The zero-order valence-electron chi connectivity index (χ0n) is 17.2. The van der Waals surface area contributed by atoms with Crippen molar-refractivity contribution in [2.24, 2.45) is 10.3 Å². The zero-order valence-corrected chi connectivity index (χ0v) is 18.8. The van der Waals surface area contributed by atoms with Crippen LogP contribution in [0.1, 0.15) is 17.5 Å². The van der Waals surface area contributed by atoms with Crippen molar-refractivity contribution in [1.29, 1.82) is 0 Å². The molecule has 2 heterocycles. The first-order valence-electron chi connectivity index (χ1n) is 9.55. The van der Waals surface area contributed by atoms with Gasteiger partial charge in [-0.1, -0.05) is 17.3 Å². The van der Waals surface area contributed by atoms with E-state index in [1.54, 1.807) is 12.1 Å². The number of halogens is 2. The van der Waals surface area contributed by atoms with Gasteiger partial charge in [0, 0.05) is 18.4 Å². The standard InChI is InChI=1S/C21H19BrFN3O6/c1-28-17-14(16(22)18(29-2)20-19(17)30-10-31-20)7-13-8-15(26-32-13)21(27)25-24-9-11-3-5-12(23)6-4-11/h3-6,9,13H,7-8,10H2,1-2H3,(H,25,27). The van der Waals surface area contributed by atoms with Gasteiger partial charge >= 0.3 is 0 Å². The Labute approximate surface area is 191 Å². The van der Waals surface area contributed by atoms with E-state index in [-0.39, 0.29) is 24.7 Å². The van der Waals surface area contributed by atoms with Crippen LogP contribution in [0.25, 0.3) is 0 Å². The van der Waals surface area contributed by atoms with Gasteiger partial charge < -0.3 is 23.8 Å². The largest absolute Gasteiger partial charge is 0.492 e. The Morgan fingerprint density at radius 1 is 1.25 bits per heavy atom. The molecule has 0 fully saturated rings. The number of hydrazone groups is 1. The molecule has 2 aliphatic rings. The number of rotatable bonds is 7. The van der Waals surface area contributed by atoms with E-state index in [4.69, 9.17) is 23.8 Å². The smallest absolute Gasteiger partial charge is 0.289 e. The van der Waals surface area contributed by atoms with Gasteiger partial charge in [-0.25, -0.2) is 9.82 Å². The normalized spacial score (nSPS) is 16.6. The monoisotopic (exact) mass is 507 g/mol. The minimum Gasteiger partial charge on any atom is -0.492 e. The van der Waals surface area contributed by atoms with E-state index < -0.39 is 12.0 Å². The van der Waals surface area contributed by atoms with E-state index in [0.717, 1.165) is 5.56 Å². The van der Waals surface area contributed by atoms with Crippen LogP contribution in [0, 0.1) is 5.82 Å². The van der Waals surface area contributed by atoms with E-state index >= 15 is 0 Å². The van der Waals surface area contributed by atoms with Crippen LogP contribution in [0.3, 0.4) is 0 Å². The lowest BCUT2D eigenvalue weighted by Crippen LogP contribution is -2.27. The molecule has 32 heavy (non-hydrogen) atoms. The predicted molar refractivity (Wildman–Crippen MR) is 116 cm³/mol. The SMILES string of the molecule is COc1c(Br)c(CC2CC(C(=O)NN=Cc3ccc(F)cc3)=NO2)c(OC)c2c1OCO2. The molecule has 2 aliphatic heterocycles. The van der Waals surface area contributed by atoms with Gasteiger partial charge in [-0.15, -0.1) is 0 Å². The van der Waals surface area contributed by atoms with Crippen molar-refractivity contribution < 1.29 is 33.0 Å². The average molecular weight is 508 g/mol. The number of nitrogens with zero attached hydrogens (tertiary/aromatic N) is 2. The molecule has 168 valence electrons. The van der Waals surface area contributed by atoms with Crippen LogP contribution in [0.5, 0.6) is 23.0 Å². The van der Waals surface area contributed by atoms with Crippen LogP contribution in [0.4, 0.5) is 4.39 Å². The van der Waals surface area contributed by atoms with Crippen LogP contribution in [0.15, 0.2) is 39.0 Å². The van der Waals surface area contributed by atoms with Gasteiger partial charge in [0.1, 0.15) is 17.6 Å². The molecule has 2 aromatic carbocycles. The summed E-state index contributed by atoms with van der Waals surface area (Å²) in [6, 6.07) is 5.70. The minimum atomic E-state index is -0.486. The second-order valence-corrected chi connectivity index (χ2v) is 7.64. The molecule has 0 radical (unpaired) electrons. The van der Waals surface area contributed by atoms with Gasteiger partial charge in [0.15, 0.2) is 11.5 Å². The summed E-state index contributed by atoms with van der Waals surface area (Å²) in [6.07, 6.45) is 1.64. The maximum atomic E-state index is 12.9. The van der Waals surface area contributed by atoms with E-state index in [0.29, 0.717) is 39.5 Å². The Morgan fingerprint density at radius 3 is 2.62 bits per heavy atom. The van der Waals surface area contributed by atoms with Crippen molar-refractivity contribution in [2.45, 2.75) is 18.9 Å². The molecule has 1 unspecified atom stereocenters. The molecular formula is C21H19BrFN3O6. The lowest BCUT2D eigenvalue weighted by molar-refractivity contribution is -0.114. The Balaban J connectivity index is 1.42. The molecule has 9 nitrogen and oxygen atoms in total. The lowest BCUT2D eigenvalue weighted by atomic mass is 10.0. The molecule has 0 aliphatic carbocycles. The predicted octanol–water partition coefficient (Wildman–Crippen LogP) is 3.17. The second kappa shape index (κ2) is 9.43. The number of benzene rings is 2. The number of hydrogen-bond acceptors (Lipinski definition) is 8. The number of carbonyl (C=O) groups excluding carboxylic acids is 1. The summed E-state index contributed by atoms with van der Waals surface area (Å²) in [5.74, 6) is 1.06. The Morgan fingerprint density at radius 2 is 1.94 bits per heavy atom. The van der Waals surface area contributed by atoms with Crippen LogP contribution in [-0.2, 0) is 16.1 Å². The van der Waals surface area contributed by atoms with Crippen molar-refractivity contribution in [1.82, 2.24) is 5.43 Å². The molecule has 4 rings (SSSR count). The lowest BCUT2D eigenvalue weighted by Gasteiger charge is -2.18. The van der Waals surface area contributed by atoms with Crippen LogP contribution in [0.2, 0.25) is 0 Å². The van der Waals surface area contributed by atoms with E-state index in [2.05, 4.69) is 31.6 Å². The molecule has 11 heteroatoms. The summed E-state index contributed by atoms with van der Waals surface area (Å²) >= 11 is 3.54. The number of hydrogen-bond donors (Lipinski definition) is 1. The van der Waals surface area contributed by atoms with Gasteiger partial charge in [0.05, 0.1) is 24.9 Å². The summed E-state index contributed by atoms with van der Waals surface area (Å²) < 4.78 is 35.6. The Kier molecular flexibility index (Phi) is 6.45. The molecule has 2 aromatic rings. The molecule has 1 atom stereocenters. The first-order valence-corrected chi connectivity index (χ1v) is 10.3. The molecular weight excluding hydrogens is 489 g/mol. The highest BCUT2D eigenvalue weighted by molar-refractivity contribution is 9.10. The summed E-state index contributed by atoms with van der Waals surface area (Å²) in [5.41, 5.74) is 3.98. The third-order valence-corrected chi connectivity index (χ3v) is 5.69. The third-order valence-electron chi connectivity index (χ3n) is 4.85. The summed E-state index contributed by atoms with van der Waals surface area (Å²) in [5, 5.41) is 7.76. The topological polar surface area (TPSA) is 100.0 Å². The van der Waals surface area contributed by atoms with Gasteiger partial charge in [-0.2, -0.15) is 5.10 Å². The highest BCUT2D eigenvalue weighted by Gasteiger charge is 2.34. The average Bonchev–Trinajstić information content (AvgIpc) is 3.46. The molecule has 0 bridgehead atoms. The molecule has 1 N–H and O–H groups in total. The van der Waals surface area contributed by atoms with Crippen LogP contribution in [-0.4, -0.2) is 44.9 Å². The fourth-order valence-electron chi connectivity index (χ4n) is 3.35. The number of oxime groups is 1. The van der Waals surface area contributed by atoms with Crippen molar-refractivity contribution in [3.8, 4) is 23.0 Å². The number of fused-ring (bicyclic) bond motifs is 1. The van der Waals surface area contributed by atoms with Crippen molar-refractivity contribution in [3.05, 3.63) is 45.7 Å². The van der Waals surface area contributed by atoms with Gasteiger partial charge in [-0.05, 0) is 33.6 Å². The number of ether oxygens (including phenoxy) is 4. The highest BCUT2D eigenvalue weighted by atomic mass is 79.9. The first kappa shape index (κ1) is 21.9. The summed E-state index contributed by atoms with van der Waals surface area (Å²) in [6.45, 7) is 0.0593. The molecule has 0 spiro atoms. The fourth-order valence-corrected chi connectivity index (χ4v) is 4.03. The Bertz CT molecular complexity index is 1090. The van der Waals surface area contributed by atoms with Gasteiger partial charge in [-0.3, -0.25) is 4.79 Å². The molecule has 0 aromatic heterocycles. The van der Waals surface area contributed by atoms with E-state index in [1.165, 1.54) is 32.6 Å². The van der Waals surface area contributed by atoms with Crippen molar-refractivity contribution >= 4 is 33.8 Å². The second-order valence-electron chi connectivity index (χ2n) is 6.85. The van der Waals surface area contributed by atoms with Crippen molar-refractivity contribution in [2.75, 3.05) is 21.0 Å². The fraction of sp³-hybridized carbons (Fsp3) is 0.286. The summed E-state index contributed by atoms with van der Waals surface area (Å²) in [4.78, 5) is 17.8. The maximum Gasteiger partial charge on any atom is 0.289 e. The van der Waals surface area contributed by atoms with Crippen LogP contribution < -0.4 is 24.4 Å². The van der Waals surface area contributed by atoms with Crippen molar-refractivity contribution in [3.63, 3.8) is 0 Å². The molecule has 1 amide bonds. The number of carbonyl (C=O) groups is 1. The van der Waals surface area contributed by atoms with E-state index in [1.807, 2.05) is 0 Å². The Hall–Kier alpha value is -3.34. The minimum absolute atomic E-state index is 0.0593. The summed E-state index contributed by atoms with van der Waals surface area (Å²) in [7, 11) is 3.06. The quantitative estimate of drug-likeness (QED) is 0.456. The van der Waals surface area contributed by atoms with E-state index in [9.17, 15) is 9.18 Å². The number of methoxy groups -OCH3 is 2. The molecule has 0 saturated heterocycles. The van der Waals surface area contributed by atoms with Crippen LogP contribution >= 0.6 is 15.9 Å². The third kappa shape index (κ3) is 4.33.